The van der Waals surface area contributed by atoms with Gasteiger partial charge in [-0.15, -0.1) is 0 Å². The molecular weight excluding hydrogens is 261 g/mol. The zero-order valence-corrected chi connectivity index (χ0v) is 7.74. The third-order valence-electron chi connectivity index (χ3n) is 1.24. The van der Waals surface area contributed by atoms with E-state index in [9.17, 15) is 10.1 Å². The molecule has 0 aromatic rings. The standard InChI is InChI=1S/C5H7IN3O2/c7-3-1-6-2-4(5(3)8)9(10)11/h1H,2,7-8H2/q-1. The van der Waals surface area contributed by atoms with Gasteiger partial charge in [-0.1, -0.05) is 0 Å². The molecule has 0 atom stereocenters. The van der Waals surface area contributed by atoms with E-state index in [0.717, 1.165) is 0 Å². The molecule has 6 heteroatoms. The molecule has 0 saturated heterocycles. The first-order valence-corrected chi connectivity index (χ1v) is 5.57. The monoisotopic (exact) mass is 268 g/mol. The molecule has 1 rings (SSSR count). The molecular formula is C5H7IN3O2-. The van der Waals surface area contributed by atoms with E-state index < -0.39 is 4.92 Å². The molecule has 11 heavy (non-hydrogen) atoms. The quantitative estimate of drug-likeness (QED) is 0.222. The van der Waals surface area contributed by atoms with Crippen LogP contribution in [0.3, 0.4) is 0 Å². The molecule has 1 heterocycles. The Morgan fingerprint density at radius 3 is 2.73 bits per heavy atom. The first-order chi connectivity index (χ1) is 5.13. The van der Waals surface area contributed by atoms with E-state index >= 15 is 0 Å². The molecule has 0 bridgehead atoms. The summed E-state index contributed by atoms with van der Waals surface area (Å²) < 4.78 is 2.29. The van der Waals surface area contributed by atoms with Gasteiger partial charge in [0.25, 0.3) is 0 Å². The van der Waals surface area contributed by atoms with Gasteiger partial charge in [-0.2, -0.15) is 0 Å². The van der Waals surface area contributed by atoms with Crippen molar-refractivity contribution in [3.63, 3.8) is 0 Å². The SMILES string of the molecule is NC1=C[I-]CC([N+](=O)[O-])=C1N. The topological polar surface area (TPSA) is 95.2 Å². The fourth-order valence-corrected chi connectivity index (χ4v) is 2.78. The molecule has 0 unspecified atom stereocenters. The molecule has 0 saturated carbocycles. The van der Waals surface area contributed by atoms with Gasteiger partial charge in [-0.25, -0.2) is 0 Å². The van der Waals surface area contributed by atoms with Crippen LogP contribution in [0.1, 0.15) is 0 Å². The van der Waals surface area contributed by atoms with Gasteiger partial charge in [0, 0.05) is 0 Å². The van der Waals surface area contributed by atoms with Gasteiger partial charge in [0.1, 0.15) is 0 Å². The minimum absolute atomic E-state index is 0.0813. The van der Waals surface area contributed by atoms with Crippen molar-refractivity contribution < 1.29 is 26.1 Å². The van der Waals surface area contributed by atoms with Crippen LogP contribution in [0.4, 0.5) is 0 Å². The molecule has 4 N–H and O–H groups in total. The van der Waals surface area contributed by atoms with Gasteiger partial charge in [-0.05, 0) is 0 Å². The summed E-state index contributed by atoms with van der Waals surface area (Å²) in [4.78, 5) is 9.86. The Morgan fingerprint density at radius 2 is 2.27 bits per heavy atom. The van der Waals surface area contributed by atoms with Gasteiger partial charge < -0.3 is 0 Å². The van der Waals surface area contributed by atoms with Gasteiger partial charge >= 0.3 is 73.3 Å². The van der Waals surface area contributed by atoms with Crippen molar-refractivity contribution in [2.45, 2.75) is 0 Å². The van der Waals surface area contributed by atoms with Crippen molar-refractivity contribution in [3.8, 4) is 0 Å². The third kappa shape index (κ3) is 1.62. The normalized spacial score (nSPS) is 18.7. The first kappa shape index (κ1) is 8.31. The fourth-order valence-electron chi connectivity index (χ4n) is 0.639. The fraction of sp³-hybridized carbons (Fsp3) is 0.200. The van der Waals surface area contributed by atoms with Crippen molar-refractivity contribution in [3.05, 3.63) is 31.3 Å². The number of halogens is 1. The van der Waals surface area contributed by atoms with Crippen molar-refractivity contribution >= 4 is 0 Å². The first-order valence-electron chi connectivity index (χ1n) is 2.79. The van der Waals surface area contributed by atoms with Crippen LogP contribution in [0.15, 0.2) is 21.2 Å². The summed E-state index contributed by atoms with van der Waals surface area (Å²) in [6, 6.07) is 0. The number of hydrogen-bond donors (Lipinski definition) is 2. The van der Waals surface area contributed by atoms with Crippen molar-refractivity contribution in [1.29, 1.82) is 0 Å². The molecule has 5 nitrogen and oxygen atoms in total. The summed E-state index contributed by atoms with van der Waals surface area (Å²) in [6.07, 6.45) is 0. The van der Waals surface area contributed by atoms with Crippen LogP contribution in [-0.2, 0) is 0 Å². The van der Waals surface area contributed by atoms with E-state index in [0.29, 0.717) is 10.1 Å². The summed E-state index contributed by atoms with van der Waals surface area (Å²) in [5, 5.41) is 10.3. The van der Waals surface area contributed by atoms with Gasteiger partial charge in [0.05, 0.1) is 0 Å². The predicted octanol–water partition coefficient (Wildman–Crippen LogP) is -3.66. The average Bonchev–Trinajstić information content (AvgIpc) is 1.94. The molecule has 62 valence electrons. The molecule has 0 aromatic heterocycles. The number of rotatable bonds is 1. The van der Waals surface area contributed by atoms with Crippen LogP contribution < -0.4 is 32.7 Å². The van der Waals surface area contributed by atoms with Crippen LogP contribution in [0.25, 0.3) is 0 Å². The Morgan fingerprint density at radius 1 is 1.64 bits per heavy atom. The maximum absolute atomic E-state index is 10.3. The average molecular weight is 268 g/mol. The second-order valence-electron chi connectivity index (χ2n) is 1.97. The Hall–Kier alpha value is -0.790. The molecule has 0 fully saturated rings. The number of nitrogens with zero attached hydrogens (tertiary/aromatic N) is 1. The van der Waals surface area contributed by atoms with E-state index in [4.69, 9.17) is 11.5 Å². The van der Waals surface area contributed by atoms with Crippen LogP contribution in [0.5, 0.6) is 0 Å². The molecule has 0 radical (unpaired) electrons. The summed E-state index contributed by atoms with van der Waals surface area (Å²) in [7, 11) is 0. The summed E-state index contributed by atoms with van der Waals surface area (Å²) in [5.74, 6) is 0. The molecule has 0 aromatic carbocycles. The predicted molar refractivity (Wildman–Crippen MR) is 35.3 cm³/mol. The molecule has 0 aliphatic carbocycles. The molecule has 1 aliphatic rings. The summed E-state index contributed by atoms with van der Waals surface area (Å²) in [6.45, 7) is 0. The number of hydrogen-bond acceptors (Lipinski definition) is 4. The summed E-state index contributed by atoms with van der Waals surface area (Å²) in [5.41, 5.74) is 11.4. The number of nitrogens with two attached hydrogens (primary N) is 2. The minimum atomic E-state index is -0.449. The van der Waals surface area contributed by atoms with Crippen molar-refractivity contribution in [1.82, 2.24) is 0 Å². The van der Waals surface area contributed by atoms with Crippen LogP contribution in [0, 0.1) is 10.1 Å². The Balaban J connectivity index is 3.01. The van der Waals surface area contributed by atoms with E-state index in [1.165, 1.54) is 0 Å². The van der Waals surface area contributed by atoms with Crippen LogP contribution in [-0.4, -0.2) is 9.35 Å². The zero-order chi connectivity index (χ0) is 8.43. The molecule has 0 amide bonds. The van der Waals surface area contributed by atoms with E-state index in [2.05, 4.69) is 0 Å². The third-order valence-corrected chi connectivity index (χ3v) is 3.52. The summed E-state index contributed by atoms with van der Waals surface area (Å²) >= 11 is -0.293. The van der Waals surface area contributed by atoms with Gasteiger partial charge in [0.15, 0.2) is 0 Å². The Kier molecular flexibility index (Phi) is 2.32. The van der Waals surface area contributed by atoms with E-state index in [1.807, 2.05) is 0 Å². The van der Waals surface area contributed by atoms with E-state index in [1.54, 1.807) is 4.08 Å². The Bertz CT molecular complexity index is 258. The Labute approximate surface area is 73.5 Å². The van der Waals surface area contributed by atoms with Crippen LogP contribution in [0.2, 0.25) is 0 Å². The number of allylic oxidation sites excluding steroid dienone is 1. The molecule has 0 spiro atoms. The zero-order valence-electron chi connectivity index (χ0n) is 5.58. The van der Waals surface area contributed by atoms with Crippen molar-refractivity contribution in [2.75, 3.05) is 4.43 Å². The van der Waals surface area contributed by atoms with Crippen LogP contribution >= 0.6 is 0 Å². The van der Waals surface area contributed by atoms with Crippen molar-refractivity contribution in [2.24, 2.45) is 11.5 Å². The second-order valence-corrected chi connectivity index (χ2v) is 4.24. The second kappa shape index (κ2) is 3.07. The number of alkyl halides is 1. The molecule has 1 aliphatic heterocycles. The van der Waals surface area contributed by atoms with E-state index in [-0.39, 0.29) is 32.6 Å². The van der Waals surface area contributed by atoms with Gasteiger partial charge in [0.2, 0.25) is 0 Å². The van der Waals surface area contributed by atoms with Gasteiger partial charge in [-0.3, -0.25) is 0 Å². The number of nitro groups is 1. The maximum atomic E-state index is 10.3.